The molecule has 24 heavy (non-hydrogen) atoms. The maximum absolute atomic E-state index is 12.4. The molecule has 2 atom stereocenters. The largest absolute Gasteiger partial charge is 0.388 e. The monoisotopic (exact) mass is 327 g/mol. The zero-order valence-electron chi connectivity index (χ0n) is 13.8. The molecule has 0 saturated carbocycles. The van der Waals surface area contributed by atoms with E-state index in [-0.39, 0.29) is 12.1 Å². The molecule has 1 aromatic carbocycles. The average molecular weight is 327 g/mol. The van der Waals surface area contributed by atoms with Gasteiger partial charge in [-0.25, -0.2) is 4.79 Å². The van der Waals surface area contributed by atoms with Crippen molar-refractivity contribution in [1.82, 2.24) is 14.8 Å². The fraction of sp³-hybridized carbons (Fsp3) is 0.421. The van der Waals surface area contributed by atoms with Crippen LogP contribution in [0.3, 0.4) is 0 Å². The van der Waals surface area contributed by atoms with Crippen molar-refractivity contribution in [2.75, 3.05) is 13.1 Å². The van der Waals surface area contributed by atoms with Gasteiger partial charge in [-0.2, -0.15) is 0 Å². The van der Waals surface area contributed by atoms with Gasteiger partial charge in [-0.05, 0) is 37.0 Å². The second kappa shape index (κ2) is 8.02. The molecule has 2 aromatic rings. The molecule has 0 bridgehead atoms. The van der Waals surface area contributed by atoms with E-state index in [0.29, 0.717) is 13.0 Å². The fourth-order valence-corrected chi connectivity index (χ4v) is 3.33. The number of likely N-dealkylation sites (tertiary alicyclic amines) is 1. The Bertz CT molecular complexity index is 627. The van der Waals surface area contributed by atoms with Crippen molar-refractivity contribution in [3.63, 3.8) is 0 Å². The number of nitrogens with zero attached hydrogens (tertiary/aromatic N) is 2. The van der Waals surface area contributed by atoms with E-state index in [4.69, 9.17) is 0 Å². The summed E-state index contributed by atoms with van der Waals surface area (Å²) in [5.41, 5.74) is 0.914. The Hall–Kier alpha value is -2.27. The van der Waals surface area contributed by atoms with Crippen LogP contribution in [-0.2, 0) is 6.54 Å². The van der Waals surface area contributed by atoms with Gasteiger partial charge in [-0.3, -0.25) is 0 Å². The van der Waals surface area contributed by atoms with Gasteiger partial charge in [-0.1, -0.05) is 30.3 Å². The molecule has 1 fully saturated rings. The summed E-state index contributed by atoms with van der Waals surface area (Å²) >= 11 is 0. The van der Waals surface area contributed by atoms with Gasteiger partial charge in [0.15, 0.2) is 0 Å². The number of rotatable bonds is 6. The first-order valence-electron chi connectivity index (χ1n) is 8.62. The van der Waals surface area contributed by atoms with Gasteiger partial charge in [0.2, 0.25) is 0 Å². The highest BCUT2D eigenvalue weighted by Crippen LogP contribution is 2.27. The number of carbonyl (C=O) groups excluding carboxylic acids is 1. The van der Waals surface area contributed by atoms with Crippen molar-refractivity contribution < 1.29 is 9.90 Å². The predicted octanol–water partition coefficient (Wildman–Crippen LogP) is 2.79. The number of urea groups is 1. The van der Waals surface area contributed by atoms with Gasteiger partial charge in [0.25, 0.3) is 0 Å². The summed E-state index contributed by atoms with van der Waals surface area (Å²) in [4.78, 5) is 14.3. The Balaban J connectivity index is 1.50. The highest BCUT2D eigenvalue weighted by atomic mass is 16.3. The number of aliphatic hydroxyl groups excluding tert-OH is 1. The molecule has 5 nitrogen and oxygen atoms in total. The average Bonchev–Trinajstić information content (AvgIpc) is 3.27. The van der Waals surface area contributed by atoms with Crippen molar-refractivity contribution in [3.05, 3.63) is 60.4 Å². The van der Waals surface area contributed by atoms with Gasteiger partial charge in [0.05, 0.1) is 6.10 Å². The first kappa shape index (κ1) is 16.6. The van der Waals surface area contributed by atoms with Crippen molar-refractivity contribution in [1.29, 1.82) is 0 Å². The highest BCUT2D eigenvalue weighted by molar-refractivity contribution is 5.74. The summed E-state index contributed by atoms with van der Waals surface area (Å²) < 4.78 is 2.04. The van der Waals surface area contributed by atoms with Crippen LogP contribution in [0.2, 0.25) is 0 Å². The van der Waals surface area contributed by atoms with E-state index in [9.17, 15) is 9.90 Å². The topological polar surface area (TPSA) is 57.5 Å². The SMILES string of the molecule is O=C(NCCn1cccc1)N1CCCC1CC(O)c1ccccc1. The van der Waals surface area contributed by atoms with Crippen LogP contribution in [0.5, 0.6) is 0 Å². The Morgan fingerprint density at radius 1 is 1.21 bits per heavy atom. The molecular formula is C19H25N3O2. The van der Waals surface area contributed by atoms with Gasteiger partial charge in [-0.15, -0.1) is 0 Å². The zero-order chi connectivity index (χ0) is 16.8. The molecule has 0 spiro atoms. The molecule has 128 valence electrons. The Kier molecular flexibility index (Phi) is 5.54. The summed E-state index contributed by atoms with van der Waals surface area (Å²) in [5.74, 6) is 0. The van der Waals surface area contributed by atoms with Crippen LogP contribution in [0.1, 0.15) is 30.9 Å². The molecule has 2 amide bonds. The number of benzene rings is 1. The van der Waals surface area contributed by atoms with Crippen LogP contribution in [0.4, 0.5) is 4.79 Å². The van der Waals surface area contributed by atoms with Crippen LogP contribution in [0.25, 0.3) is 0 Å². The number of hydrogen-bond donors (Lipinski definition) is 2. The van der Waals surface area contributed by atoms with Crippen LogP contribution >= 0.6 is 0 Å². The molecule has 1 aliphatic rings. The van der Waals surface area contributed by atoms with E-state index >= 15 is 0 Å². The predicted molar refractivity (Wildman–Crippen MR) is 93.6 cm³/mol. The molecule has 1 aliphatic heterocycles. The number of amides is 2. The third-order valence-corrected chi connectivity index (χ3v) is 4.63. The van der Waals surface area contributed by atoms with E-state index in [1.165, 1.54) is 0 Å². The lowest BCUT2D eigenvalue weighted by Gasteiger charge is -2.27. The molecule has 2 heterocycles. The number of aromatic nitrogens is 1. The van der Waals surface area contributed by atoms with Crippen LogP contribution < -0.4 is 5.32 Å². The van der Waals surface area contributed by atoms with Crippen molar-refractivity contribution in [2.24, 2.45) is 0 Å². The Morgan fingerprint density at radius 2 is 1.96 bits per heavy atom. The lowest BCUT2D eigenvalue weighted by Crippen LogP contribution is -2.44. The fourth-order valence-electron chi connectivity index (χ4n) is 3.33. The van der Waals surface area contributed by atoms with Gasteiger partial charge in [0.1, 0.15) is 0 Å². The second-order valence-electron chi connectivity index (χ2n) is 6.30. The molecule has 2 N–H and O–H groups in total. The maximum Gasteiger partial charge on any atom is 0.317 e. The smallest absolute Gasteiger partial charge is 0.317 e. The Labute approximate surface area is 142 Å². The Morgan fingerprint density at radius 3 is 2.71 bits per heavy atom. The van der Waals surface area contributed by atoms with Gasteiger partial charge >= 0.3 is 6.03 Å². The summed E-state index contributed by atoms with van der Waals surface area (Å²) in [6, 6.07) is 13.7. The first-order valence-corrected chi connectivity index (χ1v) is 8.62. The number of nitrogens with one attached hydrogen (secondary N) is 1. The highest BCUT2D eigenvalue weighted by Gasteiger charge is 2.30. The van der Waals surface area contributed by atoms with Crippen molar-refractivity contribution in [3.8, 4) is 0 Å². The number of aliphatic hydroxyl groups is 1. The lowest BCUT2D eigenvalue weighted by molar-refractivity contribution is 0.126. The molecule has 1 saturated heterocycles. The first-order chi connectivity index (χ1) is 11.7. The molecule has 2 unspecified atom stereocenters. The molecule has 3 rings (SSSR count). The van der Waals surface area contributed by atoms with Crippen LogP contribution in [0.15, 0.2) is 54.9 Å². The van der Waals surface area contributed by atoms with E-state index < -0.39 is 6.10 Å². The normalized spacial score (nSPS) is 18.5. The quantitative estimate of drug-likeness (QED) is 0.857. The van der Waals surface area contributed by atoms with Crippen molar-refractivity contribution in [2.45, 2.75) is 38.0 Å². The molecule has 0 radical (unpaired) electrons. The van der Waals surface area contributed by atoms with E-state index in [1.54, 1.807) is 0 Å². The van der Waals surface area contributed by atoms with Gasteiger partial charge in [0, 0.05) is 38.1 Å². The summed E-state index contributed by atoms with van der Waals surface area (Å²) in [6.45, 7) is 2.14. The van der Waals surface area contributed by atoms with E-state index in [2.05, 4.69) is 5.32 Å². The minimum absolute atomic E-state index is 0.0232. The van der Waals surface area contributed by atoms with Crippen LogP contribution in [-0.4, -0.2) is 39.7 Å². The standard InChI is InChI=1S/C19H25N3O2/c23-18(16-7-2-1-3-8-16)15-17-9-6-13-22(17)19(24)20-10-14-21-11-4-5-12-21/h1-5,7-8,11-12,17-18,23H,6,9-10,13-15H2,(H,20,24). The molecular weight excluding hydrogens is 302 g/mol. The van der Waals surface area contributed by atoms with E-state index in [1.807, 2.05) is 64.3 Å². The lowest BCUT2D eigenvalue weighted by atomic mass is 10.0. The number of hydrogen-bond acceptors (Lipinski definition) is 2. The third kappa shape index (κ3) is 4.17. The van der Waals surface area contributed by atoms with Crippen molar-refractivity contribution >= 4 is 6.03 Å². The molecule has 5 heteroatoms. The summed E-state index contributed by atoms with van der Waals surface area (Å²) in [7, 11) is 0. The molecule has 1 aromatic heterocycles. The van der Waals surface area contributed by atoms with Crippen LogP contribution in [0, 0.1) is 0 Å². The summed E-state index contributed by atoms with van der Waals surface area (Å²) in [5, 5.41) is 13.4. The number of carbonyl (C=O) groups is 1. The third-order valence-electron chi connectivity index (χ3n) is 4.63. The van der Waals surface area contributed by atoms with Gasteiger partial charge < -0.3 is 19.9 Å². The van der Waals surface area contributed by atoms with E-state index in [0.717, 1.165) is 31.5 Å². The second-order valence-corrected chi connectivity index (χ2v) is 6.30. The maximum atomic E-state index is 12.4. The minimum atomic E-state index is -0.524. The summed E-state index contributed by atoms with van der Waals surface area (Å²) in [6.07, 6.45) is 5.99. The zero-order valence-corrected chi connectivity index (χ0v) is 13.8. The molecule has 0 aliphatic carbocycles. The minimum Gasteiger partial charge on any atom is -0.388 e.